The first-order chi connectivity index (χ1) is 10.3. The first-order valence-corrected chi connectivity index (χ1v) is 7.25. The van der Waals surface area contributed by atoms with Gasteiger partial charge in [-0.05, 0) is 29.2 Å². The Morgan fingerprint density at radius 1 is 1.19 bits per heavy atom. The smallest absolute Gasteiger partial charge is 0.199 e. The van der Waals surface area contributed by atoms with Gasteiger partial charge in [-0.1, -0.05) is 19.3 Å². The first-order valence-electron chi connectivity index (χ1n) is 7.25. The van der Waals surface area contributed by atoms with Gasteiger partial charge in [0.1, 0.15) is 5.52 Å². The van der Waals surface area contributed by atoms with Crippen LogP contribution in [0.15, 0.2) is 23.1 Å². The third kappa shape index (κ3) is 1.96. The molecule has 108 valence electrons. The maximum atomic E-state index is 5.86. The lowest BCUT2D eigenvalue weighted by atomic mass is 9.95. The SMILES string of the molecule is Nc1nonc1-c1nc2cnccc2n1C1CCCCC1. The standard InChI is InChI=1S/C14H16N6O/c15-13-12(18-21-19-13)14-17-10-8-16-7-6-11(10)20(14)9-4-2-1-3-5-9/h6-9H,1-5H2,(H2,15,19). The Kier molecular flexibility index (Phi) is 2.83. The number of nitrogens with zero attached hydrogens (tertiary/aromatic N) is 5. The average Bonchev–Trinajstić information content (AvgIpc) is 3.11. The van der Waals surface area contributed by atoms with Crippen LogP contribution in [0.25, 0.3) is 22.6 Å². The number of hydrogen-bond acceptors (Lipinski definition) is 6. The predicted octanol–water partition coefficient (Wildman–Crippen LogP) is 2.57. The fraction of sp³-hybridized carbons (Fsp3) is 0.429. The van der Waals surface area contributed by atoms with Crippen molar-refractivity contribution in [1.82, 2.24) is 24.8 Å². The third-order valence-corrected chi connectivity index (χ3v) is 4.16. The molecule has 3 heterocycles. The molecule has 0 atom stereocenters. The van der Waals surface area contributed by atoms with Crippen LogP contribution in [-0.2, 0) is 0 Å². The molecule has 2 N–H and O–H groups in total. The summed E-state index contributed by atoms with van der Waals surface area (Å²) in [5, 5.41) is 7.59. The van der Waals surface area contributed by atoms with E-state index in [2.05, 4.69) is 24.8 Å². The maximum Gasteiger partial charge on any atom is 0.199 e. The molecule has 21 heavy (non-hydrogen) atoms. The minimum absolute atomic E-state index is 0.273. The van der Waals surface area contributed by atoms with Crippen LogP contribution in [0, 0.1) is 0 Å². The van der Waals surface area contributed by atoms with Gasteiger partial charge in [0, 0.05) is 12.2 Å². The normalized spacial score (nSPS) is 16.6. The fourth-order valence-electron chi connectivity index (χ4n) is 3.18. The zero-order valence-electron chi connectivity index (χ0n) is 11.6. The Balaban J connectivity index is 1.94. The largest absolute Gasteiger partial charge is 0.379 e. The summed E-state index contributed by atoms with van der Waals surface area (Å²) in [4.78, 5) is 8.80. The lowest BCUT2D eigenvalue weighted by molar-refractivity contribution is 0.309. The highest BCUT2D eigenvalue weighted by Gasteiger charge is 2.25. The maximum absolute atomic E-state index is 5.86. The molecular weight excluding hydrogens is 268 g/mol. The van der Waals surface area contributed by atoms with Crippen LogP contribution >= 0.6 is 0 Å². The van der Waals surface area contributed by atoms with E-state index < -0.39 is 0 Å². The van der Waals surface area contributed by atoms with Crippen LogP contribution in [0.1, 0.15) is 38.1 Å². The number of nitrogen functional groups attached to an aromatic ring is 1. The van der Waals surface area contributed by atoms with Crippen LogP contribution in [0.2, 0.25) is 0 Å². The van der Waals surface area contributed by atoms with Gasteiger partial charge in [-0.15, -0.1) is 0 Å². The second-order valence-electron chi connectivity index (χ2n) is 5.46. The van der Waals surface area contributed by atoms with Crippen molar-refractivity contribution in [3.63, 3.8) is 0 Å². The molecule has 0 unspecified atom stereocenters. The van der Waals surface area contributed by atoms with Gasteiger partial charge in [0.2, 0.25) is 0 Å². The van der Waals surface area contributed by atoms with E-state index in [0.29, 0.717) is 11.7 Å². The van der Waals surface area contributed by atoms with E-state index in [1.807, 2.05) is 6.07 Å². The zero-order valence-corrected chi connectivity index (χ0v) is 11.6. The van der Waals surface area contributed by atoms with E-state index in [9.17, 15) is 0 Å². The van der Waals surface area contributed by atoms with Crippen molar-refractivity contribution in [1.29, 1.82) is 0 Å². The molecule has 0 aliphatic heterocycles. The highest BCUT2D eigenvalue weighted by atomic mass is 16.6. The van der Waals surface area contributed by atoms with Crippen LogP contribution in [0.4, 0.5) is 5.82 Å². The molecule has 7 heteroatoms. The number of aromatic nitrogens is 5. The molecule has 0 saturated heterocycles. The number of rotatable bonds is 2. The lowest BCUT2D eigenvalue weighted by Gasteiger charge is -2.25. The Hall–Kier alpha value is -2.44. The molecule has 7 nitrogen and oxygen atoms in total. The molecule has 1 fully saturated rings. The highest BCUT2D eigenvalue weighted by Crippen LogP contribution is 2.36. The Morgan fingerprint density at radius 3 is 2.81 bits per heavy atom. The number of pyridine rings is 1. The average molecular weight is 284 g/mol. The van der Waals surface area contributed by atoms with Crippen LogP contribution in [-0.4, -0.2) is 24.8 Å². The van der Waals surface area contributed by atoms with Crippen molar-refractivity contribution in [2.24, 2.45) is 0 Å². The van der Waals surface area contributed by atoms with Crippen molar-refractivity contribution in [3.05, 3.63) is 18.5 Å². The molecule has 3 aromatic heterocycles. The molecule has 0 bridgehead atoms. The number of fused-ring (bicyclic) bond motifs is 1. The second-order valence-corrected chi connectivity index (χ2v) is 5.46. The summed E-state index contributed by atoms with van der Waals surface area (Å²) < 4.78 is 6.97. The molecule has 1 aliphatic carbocycles. The van der Waals surface area contributed by atoms with Crippen LogP contribution < -0.4 is 5.73 Å². The van der Waals surface area contributed by atoms with Gasteiger partial charge < -0.3 is 10.3 Å². The Labute approximate surface area is 121 Å². The summed E-state index contributed by atoms with van der Waals surface area (Å²) >= 11 is 0. The topological polar surface area (TPSA) is 95.7 Å². The minimum Gasteiger partial charge on any atom is -0.379 e. The molecule has 0 amide bonds. The van der Waals surface area contributed by atoms with E-state index in [-0.39, 0.29) is 5.82 Å². The van der Waals surface area contributed by atoms with Gasteiger partial charge in [-0.25, -0.2) is 9.61 Å². The van der Waals surface area contributed by atoms with Crippen molar-refractivity contribution >= 4 is 16.9 Å². The minimum atomic E-state index is 0.273. The summed E-state index contributed by atoms with van der Waals surface area (Å²) in [7, 11) is 0. The summed E-state index contributed by atoms with van der Waals surface area (Å²) in [6.45, 7) is 0. The van der Waals surface area contributed by atoms with Gasteiger partial charge in [-0.2, -0.15) is 0 Å². The summed E-state index contributed by atoms with van der Waals surface area (Å²) in [6, 6.07) is 2.40. The number of hydrogen-bond donors (Lipinski definition) is 1. The molecule has 3 aromatic rings. The van der Waals surface area contributed by atoms with Crippen molar-refractivity contribution < 1.29 is 4.63 Å². The Bertz CT molecular complexity index is 771. The van der Waals surface area contributed by atoms with Crippen molar-refractivity contribution in [3.8, 4) is 11.5 Å². The molecule has 1 saturated carbocycles. The summed E-state index contributed by atoms with van der Waals surface area (Å²) in [5.74, 6) is 0.999. The van der Waals surface area contributed by atoms with Gasteiger partial charge >= 0.3 is 0 Å². The van der Waals surface area contributed by atoms with Crippen LogP contribution in [0.3, 0.4) is 0 Å². The lowest BCUT2D eigenvalue weighted by Crippen LogP contribution is -2.14. The fourth-order valence-corrected chi connectivity index (χ4v) is 3.18. The molecule has 0 radical (unpaired) electrons. The molecular formula is C14H16N6O. The number of anilines is 1. The van der Waals surface area contributed by atoms with Crippen LogP contribution in [0.5, 0.6) is 0 Å². The van der Waals surface area contributed by atoms with E-state index in [1.54, 1.807) is 12.4 Å². The monoisotopic (exact) mass is 284 g/mol. The van der Waals surface area contributed by atoms with E-state index in [0.717, 1.165) is 29.7 Å². The Morgan fingerprint density at radius 2 is 2.05 bits per heavy atom. The molecule has 4 rings (SSSR count). The van der Waals surface area contributed by atoms with E-state index in [4.69, 9.17) is 10.4 Å². The second kappa shape index (κ2) is 4.83. The van der Waals surface area contributed by atoms with E-state index in [1.165, 1.54) is 19.3 Å². The van der Waals surface area contributed by atoms with Crippen molar-refractivity contribution in [2.45, 2.75) is 38.1 Å². The zero-order chi connectivity index (χ0) is 14.2. The first kappa shape index (κ1) is 12.3. The van der Waals surface area contributed by atoms with Gasteiger partial charge in [0.25, 0.3) is 0 Å². The van der Waals surface area contributed by atoms with Gasteiger partial charge in [0.15, 0.2) is 17.3 Å². The highest BCUT2D eigenvalue weighted by molar-refractivity contribution is 5.81. The molecule has 0 spiro atoms. The third-order valence-electron chi connectivity index (χ3n) is 4.16. The quantitative estimate of drug-likeness (QED) is 0.777. The predicted molar refractivity (Wildman–Crippen MR) is 77.4 cm³/mol. The van der Waals surface area contributed by atoms with E-state index >= 15 is 0 Å². The summed E-state index contributed by atoms with van der Waals surface area (Å²) in [6.07, 6.45) is 9.62. The molecule has 1 aliphatic rings. The van der Waals surface area contributed by atoms with Crippen molar-refractivity contribution in [2.75, 3.05) is 5.73 Å². The van der Waals surface area contributed by atoms with Gasteiger partial charge in [0.05, 0.1) is 11.7 Å². The molecule has 0 aromatic carbocycles. The summed E-state index contributed by atoms with van der Waals surface area (Å²) in [5.41, 5.74) is 8.28. The number of nitrogens with two attached hydrogens (primary N) is 1. The number of imidazole rings is 1. The van der Waals surface area contributed by atoms with Gasteiger partial charge in [-0.3, -0.25) is 4.98 Å².